The first-order valence-corrected chi connectivity index (χ1v) is 6.97. The van der Waals surface area contributed by atoms with Gasteiger partial charge in [-0.1, -0.05) is 49.9 Å². The van der Waals surface area contributed by atoms with Crippen LogP contribution in [-0.2, 0) is 6.54 Å². The largest absolute Gasteiger partial charge is 0.310 e. The van der Waals surface area contributed by atoms with Gasteiger partial charge in [-0.15, -0.1) is 0 Å². The molecular weight excluding hydrogens is 240 g/mol. The zero-order valence-electron chi connectivity index (χ0n) is 10.8. The van der Waals surface area contributed by atoms with Crippen LogP contribution < -0.4 is 5.32 Å². The number of nitrogens with zero attached hydrogens (tertiary/aromatic N) is 1. The van der Waals surface area contributed by atoms with E-state index in [0.717, 1.165) is 11.6 Å². The van der Waals surface area contributed by atoms with Gasteiger partial charge in [0.2, 0.25) is 0 Å². The summed E-state index contributed by atoms with van der Waals surface area (Å²) < 4.78 is 0. The van der Waals surface area contributed by atoms with Crippen LogP contribution in [0.2, 0.25) is 0 Å². The van der Waals surface area contributed by atoms with Gasteiger partial charge in [-0.2, -0.15) is 0 Å². The summed E-state index contributed by atoms with van der Waals surface area (Å²) in [6.07, 6.45) is 1.83. The molecule has 0 saturated heterocycles. The second kappa shape index (κ2) is 6.57. The Kier molecular flexibility index (Phi) is 4.79. The summed E-state index contributed by atoms with van der Waals surface area (Å²) in [6, 6.07) is 15.0. The number of nitrogens with one attached hydrogen (secondary N) is 1. The Balaban J connectivity index is 2.12. The predicted octanol–water partition coefficient (Wildman–Crippen LogP) is 3.73. The fourth-order valence-electron chi connectivity index (χ4n) is 1.58. The van der Waals surface area contributed by atoms with Gasteiger partial charge in [-0.3, -0.25) is 0 Å². The molecule has 2 rings (SSSR count). The zero-order valence-corrected chi connectivity index (χ0v) is 11.6. The quantitative estimate of drug-likeness (QED) is 0.884. The molecule has 1 heterocycles. The zero-order chi connectivity index (χ0) is 12.8. The van der Waals surface area contributed by atoms with Crippen LogP contribution in [0.4, 0.5) is 0 Å². The average Bonchev–Trinajstić information content (AvgIpc) is 2.39. The van der Waals surface area contributed by atoms with Crippen LogP contribution in [0.25, 0.3) is 0 Å². The highest BCUT2D eigenvalue weighted by Gasteiger charge is 2.04. The number of aromatic nitrogens is 1. The van der Waals surface area contributed by atoms with Crippen molar-refractivity contribution in [2.75, 3.05) is 0 Å². The SMILES string of the molecule is CC(C)NCc1ccccc1Sc1ccccn1. The summed E-state index contributed by atoms with van der Waals surface area (Å²) in [5.74, 6) is 0. The molecule has 0 unspecified atom stereocenters. The number of pyridine rings is 1. The Bertz CT molecular complexity index is 483. The molecule has 1 aromatic heterocycles. The van der Waals surface area contributed by atoms with Gasteiger partial charge in [-0.25, -0.2) is 4.98 Å². The van der Waals surface area contributed by atoms with Crippen molar-refractivity contribution in [3.8, 4) is 0 Å². The van der Waals surface area contributed by atoms with Crippen LogP contribution >= 0.6 is 11.8 Å². The van der Waals surface area contributed by atoms with E-state index in [1.54, 1.807) is 11.8 Å². The molecule has 2 aromatic rings. The van der Waals surface area contributed by atoms with E-state index >= 15 is 0 Å². The Hall–Kier alpha value is -1.32. The maximum Gasteiger partial charge on any atom is 0.101 e. The third kappa shape index (κ3) is 3.86. The van der Waals surface area contributed by atoms with E-state index in [1.807, 2.05) is 24.4 Å². The minimum atomic E-state index is 0.498. The van der Waals surface area contributed by atoms with Crippen molar-refractivity contribution in [1.82, 2.24) is 10.3 Å². The average molecular weight is 258 g/mol. The van der Waals surface area contributed by atoms with Gasteiger partial charge in [0.05, 0.1) is 0 Å². The van der Waals surface area contributed by atoms with E-state index < -0.39 is 0 Å². The molecule has 3 heteroatoms. The molecule has 94 valence electrons. The van der Waals surface area contributed by atoms with Gasteiger partial charge in [0.15, 0.2) is 0 Å². The normalized spacial score (nSPS) is 10.8. The van der Waals surface area contributed by atoms with Gasteiger partial charge in [-0.05, 0) is 23.8 Å². The standard InChI is InChI=1S/C15H18N2S/c1-12(2)17-11-13-7-3-4-8-14(13)18-15-9-5-6-10-16-15/h3-10,12,17H,11H2,1-2H3. The van der Waals surface area contributed by atoms with E-state index in [-0.39, 0.29) is 0 Å². The van der Waals surface area contributed by atoms with Crippen LogP contribution in [0.3, 0.4) is 0 Å². The van der Waals surface area contributed by atoms with E-state index in [9.17, 15) is 0 Å². The third-order valence-electron chi connectivity index (χ3n) is 2.53. The summed E-state index contributed by atoms with van der Waals surface area (Å²) in [7, 11) is 0. The molecule has 0 atom stereocenters. The summed E-state index contributed by atoms with van der Waals surface area (Å²) in [4.78, 5) is 5.62. The predicted molar refractivity (Wildman–Crippen MR) is 76.8 cm³/mol. The highest BCUT2D eigenvalue weighted by molar-refractivity contribution is 7.99. The summed E-state index contributed by atoms with van der Waals surface area (Å²) in [5.41, 5.74) is 1.32. The molecule has 0 fully saturated rings. The van der Waals surface area contributed by atoms with E-state index in [1.165, 1.54) is 10.5 Å². The van der Waals surface area contributed by atoms with Crippen molar-refractivity contribution in [3.63, 3.8) is 0 Å². The smallest absolute Gasteiger partial charge is 0.101 e. The first kappa shape index (κ1) is 13.1. The Morgan fingerprint density at radius 1 is 1.11 bits per heavy atom. The second-order valence-electron chi connectivity index (χ2n) is 4.41. The molecule has 1 aromatic carbocycles. The van der Waals surface area contributed by atoms with Crippen LogP contribution in [0.5, 0.6) is 0 Å². The minimum Gasteiger partial charge on any atom is -0.310 e. The lowest BCUT2D eigenvalue weighted by Gasteiger charge is -2.11. The minimum absolute atomic E-state index is 0.498. The van der Waals surface area contributed by atoms with Crippen LogP contribution in [0.1, 0.15) is 19.4 Å². The maximum atomic E-state index is 4.35. The van der Waals surface area contributed by atoms with Gasteiger partial charge >= 0.3 is 0 Å². The fraction of sp³-hybridized carbons (Fsp3) is 0.267. The van der Waals surface area contributed by atoms with Crippen molar-refractivity contribution in [3.05, 3.63) is 54.2 Å². The lowest BCUT2D eigenvalue weighted by Crippen LogP contribution is -2.22. The van der Waals surface area contributed by atoms with Crippen LogP contribution in [-0.4, -0.2) is 11.0 Å². The number of hydrogen-bond donors (Lipinski definition) is 1. The molecule has 0 radical (unpaired) electrons. The van der Waals surface area contributed by atoms with E-state index in [2.05, 4.69) is 48.4 Å². The summed E-state index contributed by atoms with van der Waals surface area (Å²) in [5, 5.41) is 4.49. The number of hydrogen-bond acceptors (Lipinski definition) is 3. The lowest BCUT2D eigenvalue weighted by molar-refractivity contribution is 0.585. The van der Waals surface area contributed by atoms with Crippen molar-refractivity contribution < 1.29 is 0 Å². The molecule has 0 aliphatic carbocycles. The molecule has 0 spiro atoms. The summed E-state index contributed by atoms with van der Waals surface area (Å²) >= 11 is 1.71. The monoisotopic (exact) mass is 258 g/mol. The third-order valence-corrected chi connectivity index (χ3v) is 3.59. The molecule has 0 bridgehead atoms. The summed E-state index contributed by atoms with van der Waals surface area (Å²) in [6.45, 7) is 5.22. The molecule has 0 saturated carbocycles. The number of benzene rings is 1. The lowest BCUT2D eigenvalue weighted by atomic mass is 10.2. The molecule has 18 heavy (non-hydrogen) atoms. The molecule has 0 aliphatic heterocycles. The van der Waals surface area contributed by atoms with Crippen LogP contribution in [0, 0.1) is 0 Å². The van der Waals surface area contributed by atoms with Crippen molar-refractivity contribution in [1.29, 1.82) is 0 Å². The molecule has 0 amide bonds. The van der Waals surface area contributed by atoms with Gasteiger partial charge < -0.3 is 5.32 Å². The van der Waals surface area contributed by atoms with E-state index in [0.29, 0.717) is 6.04 Å². The fourth-order valence-corrected chi connectivity index (χ4v) is 2.49. The molecule has 2 nitrogen and oxygen atoms in total. The van der Waals surface area contributed by atoms with Gasteiger partial charge in [0.25, 0.3) is 0 Å². The molecule has 0 aliphatic rings. The maximum absolute atomic E-state index is 4.35. The van der Waals surface area contributed by atoms with E-state index in [4.69, 9.17) is 0 Å². The topological polar surface area (TPSA) is 24.9 Å². The highest BCUT2D eigenvalue weighted by Crippen LogP contribution is 2.28. The first-order valence-electron chi connectivity index (χ1n) is 6.16. The Labute approximate surface area is 113 Å². The van der Waals surface area contributed by atoms with Gasteiger partial charge in [0, 0.05) is 23.7 Å². The highest BCUT2D eigenvalue weighted by atomic mass is 32.2. The number of rotatable bonds is 5. The first-order chi connectivity index (χ1) is 8.75. The van der Waals surface area contributed by atoms with Gasteiger partial charge in [0.1, 0.15) is 5.03 Å². The Morgan fingerprint density at radius 3 is 2.61 bits per heavy atom. The molecule has 1 N–H and O–H groups in total. The van der Waals surface area contributed by atoms with Crippen molar-refractivity contribution in [2.45, 2.75) is 36.4 Å². The molecular formula is C15H18N2S. The van der Waals surface area contributed by atoms with Crippen molar-refractivity contribution in [2.24, 2.45) is 0 Å². The van der Waals surface area contributed by atoms with Crippen LogP contribution in [0.15, 0.2) is 58.6 Å². The second-order valence-corrected chi connectivity index (χ2v) is 5.48. The Morgan fingerprint density at radius 2 is 1.89 bits per heavy atom. The van der Waals surface area contributed by atoms with Crippen molar-refractivity contribution >= 4 is 11.8 Å².